The van der Waals surface area contributed by atoms with Gasteiger partial charge in [-0.05, 0) is 49.2 Å². The van der Waals surface area contributed by atoms with Crippen molar-refractivity contribution in [2.75, 3.05) is 13.6 Å². The van der Waals surface area contributed by atoms with Crippen molar-refractivity contribution in [3.05, 3.63) is 60.3 Å². The molecule has 5 nitrogen and oxygen atoms in total. The predicted octanol–water partition coefficient (Wildman–Crippen LogP) is 8.76. The fourth-order valence-corrected chi connectivity index (χ4v) is 7.53. The zero-order valence-electron chi connectivity index (χ0n) is 22.0. The molecule has 7 heteroatoms. The topological polar surface area (TPSA) is 60.6 Å². The molecule has 0 bridgehead atoms. The highest BCUT2D eigenvalue weighted by atomic mass is 32.1. The lowest BCUT2D eigenvalue weighted by Crippen LogP contribution is -2.19. The molecule has 3 unspecified atom stereocenters. The molecule has 0 saturated heterocycles. The molecule has 4 aromatic heterocycles. The minimum Gasteiger partial charge on any atom is -0.341 e. The number of hydrogen-bond donors (Lipinski definition) is 2. The highest BCUT2D eigenvalue weighted by molar-refractivity contribution is 7.31. The van der Waals surface area contributed by atoms with E-state index in [2.05, 4.69) is 85.2 Å². The Labute approximate surface area is 226 Å². The van der Waals surface area contributed by atoms with Gasteiger partial charge < -0.3 is 9.97 Å². The van der Waals surface area contributed by atoms with Crippen molar-refractivity contribution in [1.82, 2.24) is 24.8 Å². The molecule has 3 atom stereocenters. The first-order chi connectivity index (χ1) is 18.0. The third kappa shape index (κ3) is 4.92. The van der Waals surface area contributed by atoms with Gasteiger partial charge in [0, 0.05) is 26.7 Å². The Hall–Kier alpha value is -2.74. The molecule has 2 N–H and O–H groups in total. The normalized spacial score (nSPS) is 17.9. The molecule has 6 rings (SSSR count). The number of nitrogens with zero attached hydrogens (tertiary/aromatic N) is 3. The number of nitrogens with one attached hydrogen (secondary N) is 2. The first-order valence-corrected chi connectivity index (χ1v) is 15.1. The van der Waals surface area contributed by atoms with Crippen LogP contribution in [0.3, 0.4) is 0 Å². The molecule has 0 aliphatic carbocycles. The van der Waals surface area contributed by atoms with E-state index in [-0.39, 0.29) is 6.04 Å². The van der Waals surface area contributed by atoms with Crippen LogP contribution in [0.5, 0.6) is 0 Å². The molecule has 0 saturated carbocycles. The van der Waals surface area contributed by atoms with E-state index < -0.39 is 0 Å². The van der Waals surface area contributed by atoms with E-state index in [9.17, 15) is 0 Å². The van der Waals surface area contributed by atoms with E-state index in [0.29, 0.717) is 5.92 Å². The number of hydrogen-bond acceptors (Lipinski definition) is 5. The molecule has 5 heterocycles. The van der Waals surface area contributed by atoms with E-state index in [1.165, 1.54) is 50.4 Å². The number of rotatable bonds is 9. The average molecular weight is 530 g/mol. The molecule has 37 heavy (non-hydrogen) atoms. The molecule has 5 aromatic rings. The minimum absolute atomic E-state index is 0.233. The summed E-state index contributed by atoms with van der Waals surface area (Å²) in [6, 6.07) is 11.4. The van der Waals surface area contributed by atoms with Gasteiger partial charge in [0.1, 0.15) is 11.6 Å². The van der Waals surface area contributed by atoms with Gasteiger partial charge in [0.2, 0.25) is 0 Å². The van der Waals surface area contributed by atoms with Gasteiger partial charge in [-0.1, -0.05) is 58.3 Å². The fraction of sp³-hybridized carbons (Fsp3) is 0.400. The first kappa shape index (κ1) is 24.6. The molecule has 0 fully saturated rings. The number of fused-ring (bicyclic) bond motifs is 2. The molecule has 1 aliphatic rings. The molecule has 0 spiro atoms. The Bertz CT molecular complexity index is 1520. The second-order valence-corrected chi connectivity index (χ2v) is 12.8. The van der Waals surface area contributed by atoms with Gasteiger partial charge in [0.25, 0.3) is 0 Å². The Morgan fingerprint density at radius 3 is 2.65 bits per heavy atom. The van der Waals surface area contributed by atoms with Gasteiger partial charge >= 0.3 is 0 Å². The fourth-order valence-electron chi connectivity index (χ4n) is 5.18. The van der Waals surface area contributed by atoms with Gasteiger partial charge in [0.15, 0.2) is 0 Å². The summed E-state index contributed by atoms with van der Waals surface area (Å²) in [7, 11) is 2.13. The smallest absolute Gasteiger partial charge is 0.128 e. The lowest BCUT2D eigenvalue weighted by Gasteiger charge is -2.16. The van der Waals surface area contributed by atoms with Crippen molar-refractivity contribution in [3.8, 4) is 21.0 Å². The highest BCUT2D eigenvalue weighted by Crippen LogP contribution is 2.42. The predicted molar refractivity (Wildman–Crippen MR) is 159 cm³/mol. The van der Waals surface area contributed by atoms with Crippen molar-refractivity contribution >= 4 is 43.1 Å². The van der Waals surface area contributed by atoms with E-state index in [1.54, 1.807) is 0 Å². The molecule has 1 aliphatic heterocycles. The average Bonchev–Trinajstić information content (AvgIpc) is 3.70. The summed E-state index contributed by atoms with van der Waals surface area (Å²) in [6.07, 6.45) is 11.5. The van der Waals surface area contributed by atoms with Crippen molar-refractivity contribution < 1.29 is 0 Å². The maximum Gasteiger partial charge on any atom is 0.128 e. The van der Waals surface area contributed by atoms with Crippen molar-refractivity contribution in [2.24, 2.45) is 5.92 Å². The number of imidazole rings is 2. The van der Waals surface area contributed by atoms with Crippen molar-refractivity contribution in [2.45, 2.75) is 58.4 Å². The van der Waals surface area contributed by atoms with E-state index in [4.69, 9.17) is 9.97 Å². The summed E-state index contributed by atoms with van der Waals surface area (Å²) in [6.45, 7) is 7.89. The summed E-state index contributed by atoms with van der Waals surface area (Å²) in [4.78, 5) is 21.6. The molecule has 0 amide bonds. The van der Waals surface area contributed by atoms with Gasteiger partial charge in [-0.2, -0.15) is 0 Å². The number of aromatic nitrogens is 4. The number of benzene rings is 1. The number of likely N-dealkylation sites (N-methyl/N-ethyl adjacent to an activating group) is 1. The maximum absolute atomic E-state index is 4.85. The highest BCUT2D eigenvalue weighted by Gasteiger charge is 2.21. The van der Waals surface area contributed by atoms with E-state index >= 15 is 0 Å². The van der Waals surface area contributed by atoms with Crippen molar-refractivity contribution in [3.63, 3.8) is 0 Å². The molecule has 0 radical (unpaired) electrons. The second-order valence-electron chi connectivity index (χ2n) is 10.6. The summed E-state index contributed by atoms with van der Waals surface area (Å²) in [5.74, 6) is 3.42. The van der Waals surface area contributed by atoms with Gasteiger partial charge in [-0.3, -0.25) is 4.90 Å². The third-order valence-electron chi connectivity index (χ3n) is 7.82. The standard InChI is InChI=1S/C30H35N5S2/c1-5-18(2)8-6-9-19(3)29-31-17-23(34-29)26-16-28-27(37-26)15-25(36-28)20-11-12-21-22(14-20)33-30(32-21)24-10-7-13-35(24)4/h7,10-12,14-19,24H,5-6,8-9,13H2,1-4H3,(H,31,34)(H,32,33). The zero-order valence-corrected chi connectivity index (χ0v) is 23.7. The Morgan fingerprint density at radius 2 is 1.86 bits per heavy atom. The number of thiophene rings is 2. The Kier molecular flexibility index (Phi) is 6.78. The van der Waals surface area contributed by atoms with Crippen LogP contribution in [-0.4, -0.2) is 38.4 Å². The third-order valence-corrected chi connectivity index (χ3v) is 10.2. The molecule has 1 aromatic carbocycles. The van der Waals surface area contributed by atoms with E-state index in [0.717, 1.165) is 40.8 Å². The summed E-state index contributed by atoms with van der Waals surface area (Å²) < 4.78 is 2.66. The molecule has 192 valence electrons. The van der Waals surface area contributed by atoms with Crippen molar-refractivity contribution in [1.29, 1.82) is 0 Å². The van der Waals surface area contributed by atoms with Crippen LogP contribution in [0.2, 0.25) is 0 Å². The summed E-state index contributed by atoms with van der Waals surface area (Å²) in [5.41, 5.74) is 4.50. The number of aromatic amines is 2. The lowest BCUT2D eigenvalue weighted by molar-refractivity contribution is 0.331. The number of H-pyrrole nitrogens is 2. The SMILES string of the molecule is CCC(C)CCCC(C)c1ncc(-c2cc3sc(-c4ccc5nc(C6C=CCN6C)[nH]c5c4)cc3s2)[nH]1. The largest absolute Gasteiger partial charge is 0.341 e. The van der Waals surface area contributed by atoms with Crippen LogP contribution in [0.4, 0.5) is 0 Å². The minimum atomic E-state index is 0.233. The summed E-state index contributed by atoms with van der Waals surface area (Å²) in [5, 5.41) is 0. The monoisotopic (exact) mass is 529 g/mol. The quantitative estimate of drug-likeness (QED) is 0.188. The van der Waals surface area contributed by atoms with Crippen LogP contribution in [0.15, 0.2) is 48.7 Å². The van der Waals surface area contributed by atoms with Gasteiger partial charge in [-0.25, -0.2) is 9.97 Å². The van der Waals surface area contributed by atoms with Crippen LogP contribution < -0.4 is 0 Å². The van der Waals surface area contributed by atoms with E-state index in [1.807, 2.05) is 28.9 Å². The first-order valence-electron chi connectivity index (χ1n) is 13.4. The second kappa shape index (κ2) is 10.2. The lowest BCUT2D eigenvalue weighted by atomic mass is 9.97. The van der Waals surface area contributed by atoms with Crippen LogP contribution in [0.1, 0.15) is 70.1 Å². The van der Waals surface area contributed by atoms with Gasteiger partial charge in [-0.15, -0.1) is 22.7 Å². The molecular formula is C30H35N5S2. The Balaban J connectivity index is 1.18. The van der Waals surface area contributed by atoms with Crippen LogP contribution in [0, 0.1) is 5.92 Å². The molecular weight excluding hydrogens is 494 g/mol. The van der Waals surface area contributed by atoms with Crippen LogP contribution in [-0.2, 0) is 0 Å². The van der Waals surface area contributed by atoms with Crippen LogP contribution >= 0.6 is 22.7 Å². The zero-order chi connectivity index (χ0) is 25.5. The van der Waals surface area contributed by atoms with Crippen LogP contribution in [0.25, 0.3) is 41.4 Å². The summed E-state index contributed by atoms with van der Waals surface area (Å²) >= 11 is 3.70. The Morgan fingerprint density at radius 1 is 1.05 bits per heavy atom. The maximum atomic E-state index is 4.85. The van der Waals surface area contributed by atoms with Gasteiger partial charge in [0.05, 0.1) is 33.8 Å².